The van der Waals surface area contributed by atoms with Crippen molar-refractivity contribution >= 4 is 40.8 Å². The fraction of sp³-hybridized carbons (Fsp3) is 0.548. The molecule has 1 aromatic carbocycles. The third-order valence-corrected chi connectivity index (χ3v) is 9.10. The molecule has 16 heteroatoms. The Hall–Kier alpha value is -4.21. The lowest BCUT2D eigenvalue weighted by Crippen LogP contribution is -2.58. The molecule has 3 heterocycles. The van der Waals surface area contributed by atoms with Crippen LogP contribution >= 0.6 is 0 Å². The summed E-state index contributed by atoms with van der Waals surface area (Å²) in [5.74, 6) is -2.92. The Bertz CT molecular complexity index is 1510. The predicted octanol–water partition coefficient (Wildman–Crippen LogP) is 5.76. The topological polar surface area (TPSA) is 106 Å². The number of rotatable bonds is 9. The van der Waals surface area contributed by atoms with E-state index in [2.05, 4.69) is 37.0 Å². The van der Waals surface area contributed by atoms with Gasteiger partial charge in [0.15, 0.2) is 0 Å². The summed E-state index contributed by atoms with van der Waals surface area (Å²) in [7, 11) is 5.49. The summed E-state index contributed by atoms with van der Waals surface area (Å²) in [5, 5.41) is 5.90. The Labute approximate surface area is 269 Å². The third kappa shape index (κ3) is 7.21. The lowest BCUT2D eigenvalue weighted by atomic mass is 9.90. The Morgan fingerprint density at radius 1 is 1.19 bits per heavy atom. The Morgan fingerprint density at radius 3 is 2.49 bits per heavy atom. The molecule has 0 bridgehead atoms. The lowest BCUT2D eigenvalue weighted by molar-refractivity contribution is -0.172. The van der Waals surface area contributed by atoms with Gasteiger partial charge in [0.1, 0.15) is 17.6 Å². The average molecular weight is 667 g/mol. The van der Waals surface area contributed by atoms with E-state index < -0.39 is 55.5 Å². The zero-order valence-corrected chi connectivity index (χ0v) is 26.7. The molecule has 1 aromatic heterocycles. The van der Waals surface area contributed by atoms with Gasteiger partial charge < -0.3 is 30.1 Å². The summed E-state index contributed by atoms with van der Waals surface area (Å²) < 4.78 is 75.0. The number of urea groups is 1. The van der Waals surface area contributed by atoms with Gasteiger partial charge in [0.05, 0.1) is 30.7 Å². The first-order chi connectivity index (χ1) is 22.1. The molecule has 0 unspecified atom stereocenters. The van der Waals surface area contributed by atoms with Crippen LogP contribution < -0.4 is 25.2 Å². The van der Waals surface area contributed by atoms with Crippen LogP contribution in [0.5, 0.6) is 5.75 Å². The van der Waals surface area contributed by atoms with E-state index in [0.29, 0.717) is 28.1 Å². The molecular weight excluding hydrogens is 627 g/mol. The van der Waals surface area contributed by atoms with Crippen LogP contribution in [0.15, 0.2) is 31.0 Å². The summed E-state index contributed by atoms with van der Waals surface area (Å²) in [5.41, 5.74) is 1.79. The minimum absolute atomic E-state index is 0.0131. The third-order valence-electron chi connectivity index (χ3n) is 9.10. The Balaban J connectivity index is 1.51. The van der Waals surface area contributed by atoms with Crippen LogP contribution in [0.3, 0.4) is 0 Å². The molecule has 47 heavy (non-hydrogen) atoms. The fourth-order valence-corrected chi connectivity index (χ4v) is 6.23. The standard InChI is InChI=1S/C31H39F5N8O3/c1-6-26(45)38-22-13-23(25(47-5)14-24(22)42-12-9-21(17-42)41(3)4)39-28-37-15-19-16-43(18(2)31(34,35)36)29(46)44(27(19)40-28)20-7-10-30(32,33)11-8-20/h6,13-15,18,20-21H,1,7-12,16-17H2,2-5H3,(H,38,45)(H,37,39,40)/t18-,21+/m0/s1. The van der Waals surface area contributed by atoms with Crippen molar-refractivity contribution < 1.29 is 36.3 Å². The van der Waals surface area contributed by atoms with E-state index in [1.807, 2.05) is 14.1 Å². The highest BCUT2D eigenvalue weighted by molar-refractivity contribution is 6.02. The molecule has 1 aliphatic carbocycles. The van der Waals surface area contributed by atoms with Gasteiger partial charge in [0, 0.05) is 55.8 Å². The second-order valence-corrected chi connectivity index (χ2v) is 12.4. The number of hydrogen-bond donors (Lipinski definition) is 2. The second-order valence-electron chi connectivity index (χ2n) is 12.4. The SMILES string of the molecule is C=CC(=O)Nc1cc(Nc2ncc3c(n2)N(C2CCC(F)(F)CC2)C(=O)N([C@@H](C)C(F)(F)F)C3)c(OC)cc1N1CC[C@@H](N(C)C)C1. The van der Waals surface area contributed by atoms with E-state index in [4.69, 9.17) is 4.74 Å². The van der Waals surface area contributed by atoms with Crippen LogP contribution in [0, 0.1) is 0 Å². The molecule has 2 aromatic rings. The molecule has 3 amide bonds. The predicted molar refractivity (Wildman–Crippen MR) is 168 cm³/mol. The van der Waals surface area contributed by atoms with Gasteiger partial charge in [-0.25, -0.2) is 18.6 Å². The maximum absolute atomic E-state index is 14.0. The largest absolute Gasteiger partial charge is 0.494 e. The Kier molecular flexibility index (Phi) is 9.53. The number of methoxy groups -OCH3 is 1. The first-order valence-electron chi connectivity index (χ1n) is 15.4. The summed E-state index contributed by atoms with van der Waals surface area (Å²) in [6.07, 6.45) is -2.53. The highest BCUT2D eigenvalue weighted by Crippen LogP contribution is 2.42. The van der Waals surface area contributed by atoms with Crippen molar-refractivity contribution in [2.45, 2.75) is 75.8 Å². The molecule has 0 spiro atoms. The first-order valence-corrected chi connectivity index (χ1v) is 15.4. The molecular formula is C31H39F5N8O3. The molecule has 1 saturated carbocycles. The highest BCUT2D eigenvalue weighted by atomic mass is 19.4. The van der Waals surface area contributed by atoms with Crippen molar-refractivity contribution in [2.75, 3.05) is 54.7 Å². The molecule has 2 atom stereocenters. The van der Waals surface area contributed by atoms with Crippen LogP contribution in [-0.4, -0.2) is 96.2 Å². The molecule has 2 fully saturated rings. The van der Waals surface area contributed by atoms with Gasteiger partial charge in [0.2, 0.25) is 17.8 Å². The smallest absolute Gasteiger partial charge is 0.408 e. The van der Waals surface area contributed by atoms with E-state index >= 15 is 0 Å². The average Bonchev–Trinajstić information content (AvgIpc) is 3.51. The van der Waals surface area contributed by atoms with Crippen LogP contribution in [0.4, 0.5) is 55.6 Å². The summed E-state index contributed by atoms with van der Waals surface area (Å²) in [4.78, 5) is 40.9. The minimum Gasteiger partial charge on any atom is -0.494 e. The fourth-order valence-electron chi connectivity index (χ4n) is 6.23. The van der Waals surface area contributed by atoms with Crippen molar-refractivity contribution in [2.24, 2.45) is 0 Å². The van der Waals surface area contributed by atoms with Gasteiger partial charge in [-0.3, -0.25) is 9.69 Å². The van der Waals surface area contributed by atoms with Gasteiger partial charge in [-0.15, -0.1) is 0 Å². The van der Waals surface area contributed by atoms with Crippen LogP contribution in [0.1, 0.15) is 44.6 Å². The van der Waals surface area contributed by atoms with Gasteiger partial charge in [-0.1, -0.05) is 6.58 Å². The maximum Gasteiger partial charge on any atom is 0.408 e. The number of alkyl halides is 5. The summed E-state index contributed by atoms with van der Waals surface area (Å²) in [6.45, 7) is 5.47. The van der Waals surface area contributed by atoms with Crippen LogP contribution in [0.25, 0.3) is 0 Å². The number of aromatic nitrogens is 2. The molecule has 5 rings (SSSR count). The molecule has 2 aliphatic heterocycles. The number of halogens is 5. The van der Waals surface area contributed by atoms with Gasteiger partial charge >= 0.3 is 12.2 Å². The van der Waals surface area contributed by atoms with Crippen molar-refractivity contribution in [3.63, 3.8) is 0 Å². The first kappa shape index (κ1) is 34.1. The van der Waals surface area contributed by atoms with Gasteiger partial charge in [-0.2, -0.15) is 18.2 Å². The number of fused-ring (bicyclic) bond motifs is 1. The number of likely N-dealkylation sites (N-methyl/N-ethyl adjacent to an activating group) is 1. The van der Waals surface area contributed by atoms with Crippen molar-refractivity contribution in [3.8, 4) is 5.75 Å². The molecule has 1 saturated heterocycles. The van der Waals surface area contributed by atoms with Crippen molar-refractivity contribution in [1.29, 1.82) is 0 Å². The van der Waals surface area contributed by atoms with E-state index in [1.54, 1.807) is 12.1 Å². The zero-order valence-electron chi connectivity index (χ0n) is 26.7. The normalized spacial score (nSPS) is 20.7. The van der Waals surface area contributed by atoms with Gasteiger partial charge in [-0.05, 0) is 52.4 Å². The lowest BCUT2D eigenvalue weighted by Gasteiger charge is -2.44. The van der Waals surface area contributed by atoms with E-state index in [9.17, 15) is 31.5 Å². The monoisotopic (exact) mass is 666 g/mol. The minimum atomic E-state index is -4.70. The highest BCUT2D eigenvalue weighted by Gasteiger charge is 2.48. The number of hydrogen-bond acceptors (Lipinski definition) is 8. The van der Waals surface area contributed by atoms with E-state index in [0.717, 1.165) is 43.1 Å². The van der Waals surface area contributed by atoms with Crippen molar-refractivity contribution in [1.82, 2.24) is 19.8 Å². The van der Waals surface area contributed by atoms with Gasteiger partial charge in [0.25, 0.3) is 0 Å². The summed E-state index contributed by atoms with van der Waals surface area (Å²) in [6, 6.07) is -0.134. The summed E-state index contributed by atoms with van der Waals surface area (Å²) >= 11 is 0. The van der Waals surface area contributed by atoms with Crippen LogP contribution in [0.2, 0.25) is 0 Å². The number of carbonyl (C=O) groups is 2. The quantitative estimate of drug-likeness (QED) is 0.257. The van der Waals surface area contributed by atoms with Crippen LogP contribution in [-0.2, 0) is 11.3 Å². The number of nitrogens with zero attached hydrogens (tertiary/aromatic N) is 6. The zero-order chi connectivity index (χ0) is 34.3. The van der Waals surface area contributed by atoms with E-state index in [-0.39, 0.29) is 30.2 Å². The number of amides is 3. The number of anilines is 5. The Morgan fingerprint density at radius 2 is 1.89 bits per heavy atom. The maximum atomic E-state index is 14.0. The molecule has 256 valence electrons. The number of benzene rings is 1. The second kappa shape index (κ2) is 13.1. The molecule has 2 N–H and O–H groups in total. The number of carbonyl (C=O) groups excluding carboxylic acids is 2. The molecule has 0 radical (unpaired) electrons. The number of nitrogens with one attached hydrogen (secondary N) is 2. The molecule has 11 nitrogen and oxygen atoms in total. The molecule has 3 aliphatic rings. The number of ether oxygens (including phenoxy) is 1. The van der Waals surface area contributed by atoms with E-state index in [1.165, 1.54) is 13.3 Å². The van der Waals surface area contributed by atoms with Crippen molar-refractivity contribution in [3.05, 3.63) is 36.5 Å².